The quantitative estimate of drug-likeness (QED) is 0.364. The molecule has 0 aliphatic carbocycles. The maximum Gasteiger partial charge on any atom is 0.224 e. The fourth-order valence-electron chi connectivity index (χ4n) is 4.16. The maximum atomic E-state index is 13.2. The molecule has 0 atom stereocenters. The highest BCUT2D eigenvalue weighted by Gasteiger charge is 2.22. The number of benzene rings is 2. The Bertz CT molecular complexity index is 1240. The lowest BCUT2D eigenvalue weighted by molar-refractivity contribution is -0.131. The molecule has 8 heteroatoms. The van der Waals surface area contributed by atoms with E-state index in [2.05, 4.69) is 22.6 Å². The Kier molecular flexibility index (Phi) is 6.67. The highest BCUT2D eigenvalue weighted by molar-refractivity contribution is 7.09. The number of amides is 1. The number of hydrogen-bond acceptors (Lipinski definition) is 6. The van der Waals surface area contributed by atoms with Crippen LogP contribution in [0, 0.1) is 5.82 Å². The smallest absolute Gasteiger partial charge is 0.224 e. The molecular formula is C26H25FN4O2S. The Labute approximate surface area is 201 Å². The highest BCUT2D eigenvalue weighted by Crippen LogP contribution is 2.23. The molecule has 174 valence electrons. The van der Waals surface area contributed by atoms with Crippen LogP contribution in [0.3, 0.4) is 0 Å². The summed E-state index contributed by atoms with van der Waals surface area (Å²) in [4.78, 5) is 21.7. The third-order valence-electron chi connectivity index (χ3n) is 6.01. The van der Waals surface area contributed by atoms with Crippen LogP contribution in [0.15, 0.2) is 71.3 Å². The molecule has 3 heterocycles. The van der Waals surface area contributed by atoms with Gasteiger partial charge in [0.1, 0.15) is 17.4 Å². The zero-order valence-electron chi connectivity index (χ0n) is 18.7. The van der Waals surface area contributed by atoms with Crippen LogP contribution in [0.4, 0.5) is 9.52 Å². The van der Waals surface area contributed by atoms with E-state index < -0.39 is 0 Å². The molecule has 1 amide bonds. The van der Waals surface area contributed by atoms with Crippen LogP contribution in [0.25, 0.3) is 0 Å². The van der Waals surface area contributed by atoms with Crippen molar-refractivity contribution in [2.24, 2.45) is 0 Å². The van der Waals surface area contributed by atoms with Crippen molar-refractivity contribution in [3.63, 3.8) is 0 Å². The molecule has 34 heavy (non-hydrogen) atoms. The van der Waals surface area contributed by atoms with Crippen molar-refractivity contribution < 1.29 is 13.6 Å². The van der Waals surface area contributed by atoms with Crippen molar-refractivity contribution in [2.45, 2.75) is 32.4 Å². The molecule has 1 aliphatic rings. The Morgan fingerprint density at radius 1 is 1.09 bits per heavy atom. The average Bonchev–Trinajstić information content (AvgIpc) is 3.55. The fourth-order valence-corrected chi connectivity index (χ4v) is 4.87. The number of nitrogens with zero attached hydrogens (tertiary/aromatic N) is 4. The second kappa shape index (κ2) is 10.2. The summed E-state index contributed by atoms with van der Waals surface area (Å²) in [6, 6.07) is 18.4. The van der Waals surface area contributed by atoms with Crippen molar-refractivity contribution in [1.82, 2.24) is 14.3 Å². The van der Waals surface area contributed by atoms with Crippen LogP contribution < -0.4 is 4.90 Å². The van der Waals surface area contributed by atoms with Gasteiger partial charge in [0.2, 0.25) is 11.0 Å². The minimum atomic E-state index is -0.262. The number of carbonyl (C=O) groups excluding carboxylic acids is 1. The molecule has 0 saturated carbocycles. The summed E-state index contributed by atoms with van der Waals surface area (Å²) in [7, 11) is 0. The summed E-state index contributed by atoms with van der Waals surface area (Å²) in [5.74, 6) is 1.35. The number of carbonyl (C=O) groups is 1. The van der Waals surface area contributed by atoms with E-state index in [9.17, 15) is 9.18 Å². The van der Waals surface area contributed by atoms with E-state index >= 15 is 0 Å². The normalized spacial score (nSPS) is 13.0. The van der Waals surface area contributed by atoms with Gasteiger partial charge in [0.25, 0.3) is 0 Å². The first-order valence-corrected chi connectivity index (χ1v) is 12.1. The van der Waals surface area contributed by atoms with Crippen LogP contribution in [0.5, 0.6) is 0 Å². The number of anilines is 1. The van der Waals surface area contributed by atoms with E-state index in [1.165, 1.54) is 34.8 Å². The zero-order valence-corrected chi connectivity index (χ0v) is 19.5. The zero-order chi connectivity index (χ0) is 23.3. The first-order valence-electron chi connectivity index (χ1n) is 11.3. The number of fused-ring (bicyclic) bond motifs is 1. The third-order valence-corrected chi connectivity index (χ3v) is 6.82. The lowest BCUT2D eigenvalue weighted by Gasteiger charge is -2.30. The van der Waals surface area contributed by atoms with Crippen LogP contribution in [-0.2, 0) is 30.7 Å². The second-order valence-corrected chi connectivity index (χ2v) is 9.11. The SMILES string of the molecule is O=C(CCN(Cc1ccco1)c1nc(Cc2ccc(F)cc2)ns1)N1CCc2ccccc2C1. The van der Waals surface area contributed by atoms with E-state index in [0.29, 0.717) is 38.3 Å². The van der Waals surface area contributed by atoms with Crippen molar-refractivity contribution >= 4 is 22.6 Å². The van der Waals surface area contributed by atoms with E-state index in [1.54, 1.807) is 18.4 Å². The molecule has 0 N–H and O–H groups in total. The van der Waals surface area contributed by atoms with Gasteiger partial charge in [0.15, 0.2) is 0 Å². The summed E-state index contributed by atoms with van der Waals surface area (Å²) in [5.41, 5.74) is 3.50. The van der Waals surface area contributed by atoms with Gasteiger partial charge >= 0.3 is 0 Å². The molecule has 0 spiro atoms. The van der Waals surface area contributed by atoms with Crippen molar-refractivity contribution in [2.75, 3.05) is 18.0 Å². The van der Waals surface area contributed by atoms with Crippen molar-refractivity contribution in [1.29, 1.82) is 0 Å². The molecule has 0 bridgehead atoms. The lowest BCUT2D eigenvalue weighted by atomic mass is 10.00. The summed E-state index contributed by atoms with van der Waals surface area (Å²) in [5, 5.41) is 0.741. The Hall–Kier alpha value is -3.52. The van der Waals surface area contributed by atoms with Gasteiger partial charge in [-0.1, -0.05) is 36.4 Å². The molecule has 0 radical (unpaired) electrons. The predicted octanol–water partition coefficient (Wildman–Crippen LogP) is 4.84. The molecule has 1 aliphatic heterocycles. The van der Waals surface area contributed by atoms with Gasteiger partial charge in [-0.2, -0.15) is 4.37 Å². The Morgan fingerprint density at radius 3 is 2.71 bits per heavy atom. The second-order valence-electron chi connectivity index (χ2n) is 8.38. The number of rotatable bonds is 8. The first-order chi connectivity index (χ1) is 16.6. The average molecular weight is 477 g/mol. The molecule has 0 fully saturated rings. The molecule has 2 aromatic carbocycles. The molecule has 6 nitrogen and oxygen atoms in total. The van der Waals surface area contributed by atoms with Crippen molar-refractivity contribution in [3.8, 4) is 0 Å². The Balaban J connectivity index is 1.26. The number of aromatic nitrogens is 2. The first kappa shape index (κ1) is 22.3. The lowest BCUT2D eigenvalue weighted by Crippen LogP contribution is -2.38. The largest absolute Gasteiger partial charge is 0.467 e. The van der Waals surface area contributed by atoms with Gasteiger partial charge in [-0.05, 0) is 47.4 Å². The summed E-state index contributed by atoms with van der Waals surface area (Å²) < 4.78 is 23.2. The number of hydrogen-bond donors (Lipinski definition) is 0. The molecule has 0 saturated heterocycles. The standard InChI is InChI=1S/C26H25FN4O2S/c27-22-9-7-19(8-10-22)16-24-28-26(34-29-24)31(18-23-6-3-15-33-23)14-12-25(32)30-13-11-20-4-1-2-5-21(20)17-30/h1-10,15H,11-14,16-18H2. The van der Waals surface area contributed by atoms with Crippen LogP contribution >= 0.6 is 11.5 Å². The van der Waals surface area contributed by atoms with Gasteiger partial charge in [0.05, 0.1) is 12.8 Å². The van der Waals surface area contributed by atoms with Gasteiger partial charge in [-0.3, -0.25) is 4.79 Å². The third kappa shape index (κ3) is 5.34. The van der Waals surface area contributed by atoms with Gasteiger partial charge in [0, 0.05) is 44.0 Å². The van der Waals surface area contributed by atoms with Gasteiger partial charge < -0.3 is 14.2 Å². The molecule has 2 aromatic heterocycles. The van der Waals surface area contributed by atoms with E-state index in [1.807, 2.05) is 28.0 Å². The van der Waals surface area contributed by atoms with E-state index in [-0.39, 0.29) is 11.7 Å². The number of furan rings is 1. The molecule has 4 aromatic rings. The molecular weight excluding hydrogens is 451 g/mol. The van der Waals surface area contributed by atoms with E-state index in [0.717, 1.165) is 29.4 Å². The van der Waals surface area contributed by atoms with E-state index in [4.69, 9.17) is 9.40 Å². The van der Waals surface area contributed by atoms with Gasteiger partial charge in [-0.15, -0.1) is 0 Å². The van der Waals surface area contributed by atoms with Crippen LogP contribution in [0.2, 0.25) is 0 Å². The molecule has 5 rings (SSSR count). The minimum Gasteiger partial charge on any atom is -0.467 e. The summed E-state index contributed by atoms with van der Waals surface area (Å²) >= 11 is 1.30. The fraction of sp³-hybridized carbons (Fsp3) is 0.269. The summed E-state index contributed by atoms with van der Waals surface area (Å²) in [6.45, 7) is 2.43. The number of halogens is 1. The van der Waals surface area contributed by atoms with Crippen LogP contribution in [-0.4, -0.2) is 33.3 Å². The van der Waals surface area contributed by atoms with Crippen LogP contribution in [0.1, 0.15) is 34.7 Å². The maximum absolute atomic E-state index is 13.2. The molecule has 0 unspecified atom stereocenters. The highest BCUT2D eigenvalue weighted by atomic mass is 32.1. The topological polar surface area (TPSA) is 62.5 Å². The van der Waals surface area contributed by atoms with Crippen molar-refractivity contribution in [3.05, 3.63) is 101 Å². The summed E-state index contributed by atoms with van der Waals surface area (Å²) in [6.07, 6.45) is 3.44. The predicted molar refractivity (Wildman–Crippen MR) is 129 cm³/mol. The minimum absolute atomic E-state index is 0.134. The Morgan fingerprint density at radius 2 is 1.91 bits per heavy atom. The van der Waals surface area contributed by atoms with Gasteiger partial charge in [-0.25, -0.2) is 9.37 Å². The monoisotopic (exact) mass is 476 g/mol.